The number of methoxy groups -OCH3 is 1. The van der Waals surface area contributed by atoms with Crippen molar-refractivity contribution in [1.29, 1.82) is 0 Å². The average Bonchev–Trinajstić information content (AvgIpc) is 2.62. The number of halogens is 1. The van der Waals surface area contributed by atoms with E-state index in [1.165, 1.54) is 17.5 Å². The second-order valence-corrected chi connectivity index (χ2v) is 8.05. The van der Waals surface area contributed by atoms with Gasteiger partial charge in [0.15, 0.2) is 0 Å². The number of unbranched alkanes of at least 4 members (excludes halogenated alkanes) is 1. The van der Waals surface area contributed by atoms with Gasteiger partial charge >= 0.3 is 0 Å². The highest BCUT2D eigenvalue weighted by molar-refractivity contribution is 7.89. The van der Waals surface area contributed by atoms with E-state index in [2.05, 4.69) is 5.32 Å². The van der Waals surface area contributed by atoms with Gasteiger partial charge in [-0.1, -0.05) is 13.3 Å². The highest BCUT2D eigenvalue weighted by Crippen LogP contribution is 2.30. The molecule has 2 rings (SSSR count). The summed E-state index contributed by atoms with van der Waals surface area (Å²) >= 11 is 0. The summed E-state index contributed by atoms with van der Waals surface area (Å²) in [6, 6.07) is 3.40. The number of piperidine rings is 1. The molecule has 1 aliphatic rings. The molecule has 6 nitrogen and oxygen atoms in total. The van der Waals surface area contributed by atoms with Gasteiger partial charge in [0.05, 0.1) is 13.0 Å². The van der Waals surface area contributed by atoms with E-state index in [0.717, 1.165) is 25.0 Å². The van der Waals surface area contributed by atoms with Crippen LogP contribution in [0, 0.1) is 11.7 Å². The highest BCUT2D eigenvalue weighted by atomic mass is 32.2. The quantitative estimate of drug-likeness (QED) is 0.744. The standard InChI is InChI=1S/C17H25FN2O4S/c1-3-4-9-19-17(21)13-6-5-10-20(12-13)25(22,23)16-11-14(18)7-8-15(16)24-2/h7-8,11,13H,3-6,9-10,12H2,1-2H3,(H,19,21)/t13-/m1/s1. The summed E-state index contributed by atoms with van der Waals surface area (Å²) in [6.07, 6.45) is 3.10. The second kappa shape index (κ2) is 8.62. The van der Waals surface area contributed by atoms with Crippen molar-refractivity contribution >= 4 is 15.9 Å². The first-order valence-corrected chi connectivity index (χ1v) is 9.95. The number of carbonyl (C=O) groups excluding carboxylic acids is 1. The molecule has 25 heavy (non-hydrogen) atoms. The molecule has 0 saturated carbocycles. The number of nitrogens with zero attached hydrogens (tertiary/aromatic N) is 1. The van der Waals surface area contributed by atoms with E-state index in [4.69, 9.17) is 4.74 Å². The first kappa shape index (κ1) is 19.7. The molecule has 0 unspecified atom stereocenters. The molecule has 0 radical (unpaired) electrons. The fraction of sp³-hybridized carbons (Fsp3) is 0.588. The number of ether oxygens (including phenoxy) is 1. The summed E-state index contributed by atoms with van der Waals surface area (Å²) in [5.74, 6) is -1.07. The number of amides is 1. The number of nitrogens with one attached hydrogen (secondary N) is 1. The molecule has 1 atom stereocenters. The van der Waals surface area contributed by atoms with Crippen LogP contribution in [0.5, 0.6) is 5.75 Å². The van der Waals surface area contributed by atoms with Crippen molar-refractivity contribution in [3.05, 3.63) is 24.0 Å². The van der Waals surface area contributed by atoms with Crippen LogP contribution in [0.15, 0.2) is 23.1 Å². The third-order valence-electron chi connectivity index (χ3n) is 4.33. The molecule has 1 aromatic rings. The predicted octanol–water partition coefficient (Wildman–Crippen LogP) is 2.15. The van der Waals surface area contributed by atoms with Gasteiger partial charge in [-0.2, -0.15) is 4.31 Å². The molecule has 1 saturated heterocycles. The topological polar surface area (TPSA) is 75.7 Å². The minimum Gasteiger partial charge on any atom is -0.495 e. The third-order valence-corrected chi connectivity index (χ3v) is 6.21. The number of benzene rings is 1. The van der Waals surface area contributed by atoms with Crippen LogP contribution >= 0.6 is 0 Å². The number of carbonyl (C=O) groups is 1. The van der Waals surface area contributed by atoms with Gasteiger partial charge in [0.2, 0.25) is 15.9 Å². The normalized spacial score (nSPS) is 18.8. The summed E-state index contributed by atoms with van der Waals surface area (Å²) in [6.45, 7) is 3.03. The minimum absolute atomic E-state index is 0.0934. The maximum Gasteiger partial charge on any atom is 0.246 e. The molecule has 0 spiro atoms. The molecule has 0 aliphatic carbocycles. The fourth-order valence-corrected chi connectivity index (χ4v) is 4.59. The lowest BCUT2D eigenvalue weighted by Gasteiger charge is -2.31. The maximum atomic E-state index is 13.6. The Balaban J connectivity index is 2.17. The molecule has 1 aliphatic heterocycles. The molecule has 1 fully saturated rings. The van der Waals surface area contributed by atoms with Gasteiger partial charge in [-0.3, -0.25) is 4.79 Å². The van der Waals surface area contributed by atoms with E-state index in [1.807, 2.05) is 6.92 Å². The van der Waals surface area contributed by atoms with Crippen LogP contribution in [-0.4, -0.2) is 45.4 Å². The van der Waals surface area contributed by atoms with Gasteiger partial charge in [-0.25, -0.2) is 12.8 Å². The molecule has 0 bridgehead atoms. The molecule has 1 heterocycles. The Kier molecular flexibility index (Phi) is 6.78. The minimum atomic E-state index is -3.93. The maximum absolute atomic E-state index is 13.6. The van der Waals surface area contributed by atoms with E-state index in [1.54, 1.807) is 0 Å². The van der Waals surface area contributed by atoms with E-state index in [9.17, 15) is 17.6 Å². The fourth-order valence-electron chi connectivity index (χ4n) is 2.90. The molecular weight excluding hydrogens is 347 g/mol. The lowest BCUT2D eigenvalue weighted by Crippen LogP contribution is -2.45. The second-order valence-electron chi connectivity index (χ2n) is 6.14. The third kappa shape index (κ3) is 4.70. The van der Waals surface area contributed by atoms with Gasteiger partial charge < -0.3 is 10.1 Å². The van der Waals surface area contributed by atoms with Crippen molar-refractivity contribution in [2.45, 2.75) is 37.5 Å². The predicted molar refractivity (Wildman–Crippen MR) is 92.4 cm³/mol. The summed E-state index contributed by atoms with van der Waals surface area (Å²) < 4.78 is 45.7. The van der Waals surface area contributed by atoms with Crippen LogP contribution in [0.2, 0.25) is 0 Å². The van der Waals surface area contributed by atoms with Crippen LogP contribution in [0.25, 0.3) is 0 Å². The van der Waals surface area contributed by atoms with E-state index in [0.29, 0.717) is 25.9 Å². The largest absolute Gasteiger partial charge is 0.495 e. The molecule has 0 aromatic heterocycles. The lowest BCUT2D eigenvalue weighted by molar-refractivity contribution is -0.126. The molecule has 8 heteroatoms. The number of hydrogen-bond donors (Lipinski definition) is 1. The highest BCUT2D eigenvalue weighted by Gasteiger charge is 2.34. The van der Waals surface area contributed by atoms with Crippen molar-refractivity contribution in [3.63, 3.8) is 0 Å². The van der Waals surface area contributed by atoms with Crippen LogP contribution in [0.1, 0.15) is 32.6 Å². The smallest absolute Gasteiger partial charge is 0.246 e. The van der Waals surface area contributed by atoms with Crippen molar-refractivity contribution in [1.82, 2.24) is 9.62 Å². The zero-order chi connectivity index (χ0) is 18.4. The summed E-state index contributed by atoms with van der Waals surface area (Å²) in [4.78, 5) is 12.0. The molecule has 1 amide bonds. The van der Waals surface area contributed by atoms with Gasteiger partial charge in [0, 0.05) is 19.6 Å². The van der Waals surface area contributed by atoms with Gasteiger partial charge in [-0.15, -0.1) is 0 Å². The number of rotatable bonds is 7. The Hall–Kier alpha value is -1.67. The SMILES string of the molecule is CCCCNC(=O)[C@@H]1CCCN(S(=O)(=O)c2cc(F)ccc2OC)C1. The van der Waals surface area contributed by atoms with Crippen LogP contribution < -0.4 is 10.1 Å². The van der Waals surface area contributed by atoms with Crippen molar-refractivity contribution in [3.8, 4) is 5.75 Å². The van der Waals surface area contributed by atoms with E-state index >= 15 is 0 Å². The Labute approximate surface area is 148 Å². The van der Waals surface area contributed by atoms with Gasteiger partial charge in [0.1, 0.15) is 16.5 Å². The van der Waals surface area contributed by atoms with Crippen LogP contribution in [-0.2, 0) is 14.8 Å². The number of sulfonamides is 1. The van der Waals surface area contributed by atoms with E-state index < -0.39 is 15.8 Å². The Morgan fingerprint density at radius 1 is 1.44 bits per heavy atom. The molecular formula is C17H25FN2O4S. The van der Waals surface area contributed by atoms with Crippen molar-refractivity contribution in [2.24, 2.45) is 5.92 Å². The van der Waals surface area contributed by atoms with E-state index in [-0.39, 0.29) is 29.0 Å². The molecule has 140 valence electrons. The molecule has 1 aromatic carbocycles. The number of hydrogen-bond acceptors (Lipinski definition) is 4. The average molecular weight is 372 g/mol. The van der Waals surface area contributed by atoms with Crippen LogP contribution in [0.4, 0.5) is 4.39 Å². The Bertz CT molecular complexity index is 709. The zero-order valence-electron chi connectivity index (χ0n) is 14.6. The van der Waals surface area contributed by atoms with Crippen molar-refractivity contribution < 1.29 is 22.3 Å². The summed E-state index contributed by atoms with van der Waals surface area (Å²) in [5.41, 5.74) is 0. The summed E-state index contributed by atoms with van der Waals surface area (Å²) in [5, 5.41) is 2.85. The van der Waals surface area contributed by atoms with Crippen LogP contribution in [0.3, 0.4) is 0 Å². The first-order valence-electron chi connectivity index (χ1n) is 8.51. The first-order chi connectivity index (χ1) is 11.9. The van der Waals surface area contributed by atoms with Crippen molar-refractivity contribution in [2.75, 3.05) is 26.7 Å². The zero-order valence-corrected chi connectivity index (χ0v) is 15.4. The van der Waals surface area contributed by atoms with Gasteiger partial charge in [0.25, 0.3) is 0 Å². The Morgan fingerprint density at radius 2 is 2.20 bits per heavy atom. The monoisotopic (exact) mass is 372 g/mol. The summed E-state index contributed by atoms with van der Waals surface area (Å²) in [7, 11) is -2.59. The molecule has 1 N–H and O–H groups in total. The lowest BCUT2D eigenvalue weighted by atomic mass is 9.99. The Morgan fingerprint density at radius 3 is 2.88 bits per heavy atom. The van der Waals surface area contributed by atoms with Gasteiger partial charge in [-0.05, 0) is 37.5 Å².